The lowest BCUT2D eigenvalue weighted by Crippen LogP contribution is -2.39. The SMILES string of the molecule is C=C(CC1CCN(C(=O)c2cccc(-c3noc(C(F)(F)F)c3C)c2)CC1)C(=O)N(CCCCCC1CCCOCC1)c1ccccc1C. The molecule has 0 radical (unpaired) electrons. The number of nitrogens with zero attached hydrogens (tertiary/aromatic N) is 3. The number of ether oxygens (including phenoxy) is 1. The van der Waals surface area contributed by atoms with Gasteiger partial charge in [0.05, 0.1) is 0 Å². The van der Waals surface area contributed by atoms with Gasteiger partial charge < -0.3 is 19.1 Å². The van der Waals surface area contributed by atoms with Crippen LogP contribution in [0.5, 0.6) is 0 Å². The van der Waals surface area contributed by atoms with E-state index in [1.165, 1.54) is 19.8 Å². The highest BCUT2D eigenvalue weighted by Crippen LogP contribution is 2.36. The number of alkyl halides is 3. The van der Waals surface area contributed by atoms with Gasteiger partial charge >= 0.3 is 6.18 Å². The Balaban J connectivity index is 1.14. The van der Waals surface area contributed by atoms with E-state index < -0.39 is 11.9 Å². The molecule has 0 spiro atoms. The minimum absolute atomic E-state index is 0.0395. The molecule has 2 aliphatic heterocycles. The lowest BCUT2D eigenvalue weighted by Gasteiger charge is -2.33. The Morgan fingerprint density at radius 2 is 1.73 bits per heavy atom. The number of para-hydroxylation sites is 1. The summed E-state index contributed by atoms with van der Waals surface area (Å²) >= 11 is 0. The highest BCUT2D eigenvalue weighted by Gasteiger charge is 2.39. The molecule has 3 aromatic rings. The van der Waals surface area contributed by atoms with Crippen molar-refractivity contribution in [3.05, 3.63) is 83.1 Å². The van der Waals surface area contributed by atoms with Crippen molar-refractivity contribution in [2.45, 2.75) is 84.2 Å². The Hall–Kier alpha value is -3.92. The van der Waals surface area contributed by atoms with E-state index in [1.54, 1.807) is 29.2 Å². The van der Waals surface area contributed by atoms with Gasteiger partial charge in [-0.1, -0.05) is 61.3 Å². The minimum Gasteiger partial charge on any atom is -0.381 e. The van der Waals surface area contributed by atoms with Crippen LogP contribution in [0.2, 0.25) is 0 Å². The summed E-state index contributed by atoms with van der Waals surface area (Å²) in [5.41, 5.74) is 3.28. The number of anilines is 1. The molecule has 10 heteroatoms. The first-order chi connectivity index (χ1) is 23.5. The maximum Gasteiger partial charge on any atom is 0.452 e. The van der Waals surface area contributed by atoms with Gasteiger partial charge in [-0.3, -0.25) is 9.59 Å². The summed E-state index contributed by atoms with van der Waals surface area (Å²) in [5.74, 6) is -0.414. The van der Waals surface area contributed by atoms with Crippen LogP contribution in [0.4, 0.5) is 18.9 Å². The Morgan fingerprint density at radius 1 is 0.959 bits per heavy atom. The van der Waals surface area contributed by atoms with Crippen molar-refractivity contribution in [3.8, 4) is 11.3 Å². The molecule has 2 amide bonds. The van der Waals surface area contributed by atoms with E-state index in [-0.39, 0.29) is 29.0 Å². The number of amides is 2. The smallest absolute Gasteiger partial charge is 0.381 e. The van der Waals surface area contributed by atoms with Crippen molar-refractivity contribution in [2.75, 3.05) is 37.7 Å². The van der Waals surface area contributed by atoms with Crippen LogP contribution in [0, 0.1) is 25.7 Å². The third kappa shape index (κ3) is 9.41. The second-order valence-electron chi connectivity index (χ2n) is 13.6. The molecule has 264 valence electrons. The molecule has 3 heterocycles. The molecule has 0 bridgehead atoms. The van der Waals surface area contributed by atoms with Crippen molar-refractivity contribution in [3.63, 3.8) is 0 Å². The lowest BCUT2D eigenvalue weighted by atomic mass is 9.89. The number of aryl methyl sites for hydroxylation is 1. The van der Waals surface area contributed by atoms with Gasteiger partial charge in [0, 0.05) is 60.8 Å². The van der Waals surface area contributed by atoms with Crippen molar-refractivity contribution >= 4 is 17.5 Å². The van der Waals surface area contributed by atoms with Crippen molar-refractivity contribution < 1.29 is 32.0 Å². The molecule has 2 fully saturated rings. The maximum atomic E-state index is 13.9. The fourth-order valence-corrected chi connectivity index (χ4v) is 7.15. The lowest BCUT2D eigenvalue weighted by molar-refractivity contribution is -0.156. The summed E-state index contributed by atoms with van der Waals surface area (Å²) in [7, 11) is 0. The number of aromatic nitrogens is 1. The maximum absolute atomic E-state index is 13.9. The van der Waals surface area contributed by atoms with Crippen molar-refractivity contribution in [2.24, 2.45) is 11.8 Å². The molecule has 2 aliphatic rings. The van der Waals surface area contributed by atoms with Gasteiger partial charge in [-0.15, -0.1) is 0 Å². The largest absolute Gasteiger partial charge is 0.452 e. The van der Waals surface area contributed by atoms with Gasteiger partial charge in [0.25, 0.3) is 11.8 Å². The molecule has 49 heavy (non-hydrogen) atoms. The highest BCUT2D eigenvalue weighted by atomic mass is 19.4. The third-order valence-corrected chi connectivity index (χ3v) is 10.0. The van der Waals surface area contributed by atoms with Crippen LogP contribution in [0.3, 0.4) is 0 Å². The van der Waals surface area contributed by atoms with Crippen LogP contribution in [0.15, 0.2) is 65.2 Å². The number of hydrogen-bond donors (Lipinski definition) is 0. The molecule has 7 nitrogen and oxygen atoms in total. The van der Waals surface area contributed by atoms with E-state index >= 15 is 0 Å². The zero-order valence-electron chi connectivity index (χ0n) is 28.7. The van der Waals surface area contributed by atoms with E-state index in [9.17, 15) is 22.8 Å². The van der Waals surface area contributed by atoms with Gasteiger partial charge in [0.15, 0.2) is 0 Å². The summed E-state index contributed by atoms with van der Waals surface area (Å²) < 4.78 is 49.9. The molecule has 0 saturated carbocycles. The molecule has 2 aromatic carbocycles. The van der Waals surface area contributed by atoms with E-state index in [4.69, 9.17) is 4.74 Å². The zero-order valence-corrected chi connectivity index (χ0v) is 28.7. The average molecular weight is 680 g/mol. The highest BCUT2D eigenvalue weighted by molar-refractivity contribution is 6.05. The summed E-state index contributed by atoms with van der Waals surface area (Å²) in [6, 6.07) is 14.5. The third-order valence-electron chi connectivity index (χ3n) is 10.0. The number of carbonyl (C=O) groups is 2. The zero-order chi connectivity index (χ0) is 35.0. The first kappa shape index (κ1) is 36.4. The van der Waals surface area contributed by atoms with Gasteiger partial charge in [-0.05, 0) is 94.4 Å². The van der Waals surface area contributed by atoms with E-state index in [0.29, 0.717) is 42.8 Å². The molecule has 0 N–H and O–H groups in total. The molecule has 1 unspecified atom stereocenters. The molecule has 2 saturated heterocycles. The van der Waals surface area contributed by atoms with Gasteiger partial charge in [-0.2, -0.15) is 13.2 Å². The number of rotatable bonds is 12. The number of likely N-dealkylation sites (tertiary alicyclic amines) is 1. The van der Waals surface area contributed by atoms with Crippen LogP contribution in [-0.2, 0) is 15.7 Å². The molecule has 1 atom stereocenters. The van der Waals surface area contributed by atoms with Gasteiger partial charge in [-0.25, -0.2) is 0 Å². The first-order valence-electron chi connectivity index (χ1n) is 17.6. The Kier molecular flexibility index (Phi) is 12.4. The number of hydrogen-bond acceptors (Lipinski definition) is 5. The average Bonchev–Trinajstić information content (AvgIpc) is 3.30. The Bertz CT molecular complexity index is 1580. The number of carbonyl (C=O) groups excluding carboxylic acids is 2. The monoisotopic (exact) mass is 679 g/mol. The second kappa shape index (κ2) is 16.7. The second-order valence-corrected chi connectivity index (χ2v) is 13.6. The van der Waals surface area contributed by atoms with Crippen LogP contribution in [-0.4, -0.2) is 54.7 Å². The summed E-state index contributed by atoms with van der Waals surface area (Å²) in [6.45, 7) is 11.0. The van der Waals surface area contributed by atoms with Crippen LogP contribution in [0.25, 0.3) is 11.3 Å². The Labute approximate surface area is 287 Å². The van der Waals surface area contributed by atoms with Crippen molar-refractivity contribution in [1.29, 1.82) is 0 Å². The van der Waals surface area contributed by atoms with Crippen LogP contribution >= 0.6 is 0 Å². The predicted octanol–water partition coefficient (Wildman–Crippen LogP) is 9.19. The molecule has 0 aliphatic carbocycles. The van der Waals surface area contributed by atoms with Gasteiger partial charge in [0.2, 0.25) is 5.76 Å². The fraction of sp³-hybridized carbons (Fsp3) is 0.513. The minimum atomic E-state index is -4.65. The summed E-state index contributed by atoms with van der Waals surface area (Å²) in [6.07, 6.45) is 5.28. The summed E-state index contributed by atoms with van der Waals surface area (Å²) in [4.78, 5) is 31.0. The number of halogens is 3. The molecular weight excluding hydrogens is 631 g/mol. The number of unbranched alkanes of at least 4 members (excludes halogenated alkanes) is 2. The van der Waals surface area contributed by atoms with E-state index in [2.05, 4.69) is 16.3 Å². The van der Waals surface area contributed by atoms with Crippen LogP contribution < -0.4 is 4.90 Å². The molecule has 1 aromatic heterocycles. The van der Waals surface area contributed by atoms with Gasteiger partial charge in [0.1, 0.15) is 5.69 Å². The molecular formula is C39H48F3N3O4. The topological polar surface area (TPSA) is 75.9 Å². The Morgan fingerprint density at radius 3 is 2.47 bits per heavy atom. The number of benzene rings is 2. The quantitative estimate of drug-likeness (QED) is 0.141. The normalized spacial score (nSPS) is 17.5. The molecule has 5 rings (SSSR count). The fourth-order valence-electron chi connectivity index (χ4n) is 7.15. The summed E-state index contributed by atoms with van der Waals surface area (Å²) in [5, 5.41) is 3.64. The van der Waals surface area contributed by atoms with E-state index in [1.807, 2.05) is 36.1 Å². The van der Waals surface area contributed by atoms with Crippen LogP contribution in [0.1, 0.15) is 91.5 Å². The first-order valence-corrected chi connectivity index (χ1v) is 17.6. The van der Waals surface area contributed by atoms with Crippen molar-refractivity contribution in [1.82, 2.24) is 10.1 Å². The number of piperidine rings is 1. The van der Waals surface area contributed by atoms with E-state index in [0.717, 1.165) is 75.3 Å². The standard InChI is InChI=1S/C39H48F3N3O4/c1-27-11-6-7-16-34(27)45(20-8-4-5-12-30-13-10-23-48-24-19-30)37(46)28(2)25-31-17-21-44(22-18-31)38(47)33-15-9-14-32(26-33)35-29(3)36(49-43-35)39(40,41)42/h6-7,9,11,14-16,26,30-31H,2,4-5,8,10,12-13,17-25H2,1,3H3. The predicted molar refractivity (Wildman–Crippen MR) is 184 cm³/mol.